The predicted molar refractivity (Wildman–Crippen MR) is 119 cm³/mol. The minimum atomic E-state index is -3.51. The first-order valence-electron chi connectivity index (χ1n) is 10.5. The smallest absolute Gasteiger partial charge is 0.255 e. The maximum Gasteiger partial charge on any atom is 0.255 e. The Morgan fingerprint density at radius 3 is 2.30 bits per heavy atom. The van der Waals surface area contributed by atoms with Crippen molar-refractivity contribution in [2.24, 2.45) is 0 Å². The van der Waals surface area contributed by atoms with Gasteiger partial charge < -0.3 is 10.2 Å². The Kier molecular flexibility index (Phi) is 7.28. The normalized spacial score (nSPS) is 16.4. The van der Waals surface area contributed by atoms with E-state index >= 15 is 0 Å². The molecule has 3 rings (SSSR count). The molecule has 0 bridgehead atoms. The van der Waals surface area contributed by atoms with E-state index in [0.717, 1.165) is 22.1 Å². The van der Waals surface area contributed by atoms with Gasteiger partial charge in [0.2, 0.25) is 10.0 Å². The zero-order chi connectivity index (χ0) is 21.7. The largest absolute Gasteiger partial charge is 0.331 e. The molecule has 2 aromatic rings. The van der Waals surface area contributed by atoms with Crippen molar-refractivity contribution in [1.29, 1.82) is 0 Å². The fourth-order valence-electron chi connectivity index (χ4n) is 4.02. The molecule has 1 amide bonds. The molecule has 0 aromatic heterocycles. The summed E-state index contributed by atoms with van der Waals surface area (Å²) in [6.07, 6.45) is 6.48. The lowest BCUT2D eigenvalue weighted by atomic mass is 9.94. The highest BCUT2D eigenvalue weighted by Crippen LogP contribution is 2.19. The standard InChI is InChI=1S/C23H31N3O3S/c1-25(2)30(28,29)21-15-13-18(14-16-21)23(27)24-22-12-8-7-9-19(22)17-26(3)20-10-5-4-6-11-20/h7-9,12-16,20H,4-6,10-11,17H2,1-3H3,(H,24,27)/p+1. The molecule has 2 N–H and O–H groups in total. The van der Waals surface area contributed by atoms with Crippen molar-refractivity contribution >= 4 is 21.6 Å². The molecule has 0 heterocycles. The van der Waals surface area contributed by atoms with Crippen LogP contribution in [0.1, 0.15) is 48.0 Å². The third-order valence-corrected chi connectivity index (χ3v) is 7.76. The summed E-state index contributed by atoms with van der Waals surface area (Å²) < 4.78 is 25.6. The summed E-state index contributed by atoms with van der Waals surface area (Å²) in [5, 5.41) is 3.00. The predicted octanol–water partition coefficient (Wildman–Crippen LogP) is 2.54. The van der Waals surface area contributed by atoms with Gasteiger partial charge in [-0.3, -0.25) is 4.79 Å². The van der Waals surface area contributed by atoms with Gasteiger partial charge in [0.25, 0.3) is 5.91 Å². The van der Waals surface area contributed by atoms with Crippen LogP contribution in [-0.4, -0.2) is 45.8 Å². The number of anilines is 1. The van der Waals surface area contributed by atoms with Crippen LogP contribution in [0.3, 0.4) is 0 Å². The lowest BCUT2D eigenvalue weighted by Crippen LogP contribution is -3.11. The van der Waals surface area contributed by atoms with Gasteiger partial charge in [-0.2, -0.15) is 0 Å². The number of rotatable bonds is 7. The van der Waals surface area contributed by atoms with E-state index in [4.69, 9.17) is 0 Å². The molecule has 1 fully saturated rings. The molecule has 30 heavy (non-hydrogen) atoms. The molecule has 162 valence electrons. The van der Waals surface area contributed by atoms with Crippen LogP contribution in [0.25, 0.3) is 0 Å². The Bertz CT molecular complexity index is 965. The molecule has 1 atom stereocenters. The van der Waals surface area contributed by atoms with Gasteiger partial charge in [-0.15, -0.1) is 0 Å². The Labute approximate surface area is 179 Å². The number of hydrogen-bond donors (Lipinski definition) is 2. The van der Waals surface area contributed by atoms with Gasteiger partial charge in [-0.05, 0) is 56.0 Å². The number of carbonyl (C=O) groups is 1. The monoisotopic (exact) mass is 430 g/mol. The van der Waals surface area contributed by atoms with Crippen LogP contribution in [0.5, 0.6) is 0 Å². The third-order valence-electron chi connectivity index (χ3n) is 5.93. The summed E-state index contributed by atoms with van der Waals surface area (Å²) in [7, 11) is 1.69. The SMILES string of the molecule is CN(C)S(=O)(=O)c1ccc(C(=O)Nc2ccccc2C[NH+](C)C2CCCCC2)cc1. The van der Waals surface area contributed by atoms with Gasteiger partial charge in [0, 0.05) is 30.9 Å². The summed E-state index contributed by atoms with van der Waals surface area (Å²) in [6, 6.07) is 14.6. The van der Waals surface area contributed by atoms with E-state index in [1.807, 2.05) is 18.2 Å². The second-order valence-electron chi connectivity index (χ2n) is 8.28. The minimum Gasteiger partial charge on any atom is -0.331 e. The number of benzene rings is 2. The molecule has 7 heteroatoms. The maximum atomic E-state index is 12.8. The lowest BCUT2D eigenvalue weighted by Gasteiger charge is -2.28. The first-order chi connectivity index (χ1) is 14.3. The van der Waals surface area contributed by atoms with Crippen molar-refractivity contribution in [2.75, 3.05) is 26.5 Å². The topological polar surface area (TPSA) is 70.9 Å². The maximum absolute atomic E-state index is 12.8. The van der Waals surface area contributed by atoms with E-state index in [-0.39, 0.29) is 10.8 Å². The van der Waals surface area contributed by atoms with E-state index in [1.165, 1.54) is 63.2 Å². The Morgan fingerprint density at radius 1 is 1.03 bits per heavy atom. The number of carbonyl (C=O) groups excluding carboxylic acids is 1. The number of amides is 1. The Balaban J connectivity index is 1.71. The second kappa shape index (κ2) is 9.73. The highest BCUT2D eigenvalue weighted by molar-refractivity contribution is 7.89. The molecule has 1 unspecified atom stereocenters. The molecule has 0 spiro atoms. The van der Waals surface area contributed by atoms with Crippen LogP contribution >= 0.6 is 0 Å². The summed E-state index contributed by atoms with van der Waals surface area (Å²) in [5.74, 6) is -0.244. The van der Waals surface area contributed by atoms with E-state index < -0.39 is 10.0 Å². The van der Waals surface area contributed by atoms with Crippen molar-refractivity contribution in [1.82, 2.24) is 4.31 Å². The number of quaternary nitrogens is 1. The molecular weight excluding hydrogens is 398 g/mol. The number of nitrogens with one attached hydrogen (secondary N) is 2. The molecule has 6 nitrogen and oxygen atoms in total. The average Bonchev–Trinajstić information content (AvgIpc) is 2.75. The fourth-order valence-corrected chi connectivity index (χ4v) is 4.92. The van der Waals surface area contributed by atoms with E-state index in [2.05, 4.69) is 18.4 Å². The van der Waals surface area contributed by atoms with Crippen LogP contribution in [0.4, 0.5) is 5.69 Å². The van der Waals surface area contributed by atoms with Crippen LogP contribution in [-0.2, 0) is 16.6 Å². The molecule has 1 aliphatic carbocycles. The zero-order valence-corrected chi connectivity index (χ0v) is 18.8. The van der Waals surface area contributed by atoms with E-state index in [0.29, 0.717) is 11.6 Å². The minimum absolute atomic E-state index is 0.169. The van der Waals surface area contributed by atoms with Crippen LogP contribution in [0.2, 0.25) is 0 Å². The summed E-state index contributed by atoms with van der Waals surface area (Å²) >= 11 is 0. The molecule has 0 radical (unpaired) electrons. The molecule has 1 saturated carbocycles. The second-order valence-corrected chi connectivity index (χ2v) is 10.4. The first-order valence-corrected chi connectivity index (χ1v) is 12.0. The van der Waals surface area contributed by atoms with Crippen molar-refractivity contribution < 1.29 is 18.1 Å². The van der Waals surface area contributed by atoms with Gasteiger partial charge in [0.05, 0.1) is 18.0 Å². The molecule has 2 aromatic carbocycles. The van der Waals surface area contributed by atoms with E-state index in [1.54, 1.807) is 12.1 Å². The van der Waals surface area contributed by atoms with Gasteiger partial charge in [0.15, 0.2) is 0 Å². The first kappa shape index (κ1) is 22.5. The Hall–Kier alpha value is -2.22. The van der Waals surface area contributed by atoms with Crippen molar-refractivity contribution in [3.8, 4) is 0 Å². The molecule has 0 aliphatic heterocycles. The molecular formula is C23H32N3O3S+. The van der Waals surface area contributed by atoms with Crippen LogP contribution in [0.15, 0.2) is 53.4 Å². The number of sulfonamides is 1. The summed E-state index contributed by atoms with van der Waals surface area (Å²) in [5.41, 5.74) is 2.35. The number of para-hydroxylation sites is 1. The van der Waals surface area contributed by atoms with Crippen molar-refractivity contribution in [2.45, 2.75) is 49.6 Å². The van der Waals surface area contributed by atoms with Crippen molar-refractivity contribution in [3.63, 3.8) is 0 Å². The van der Waals surface area contributed by atoms with Crippen LogP contribution < -0.4 is 10.2 Å². The van der Waals surface area contributed by atoms with Crippen LogP contribution in [0, 0.1) is 0 Å². The highest BCUT2D eigenvalue weighted by Gasteiger charge is 2.23. The number of nitrogens with zero attached hydrogens (tertiary/aromatic N) is 1. The van der Waals surface area contributed by atoms with E-state index in [9.17, 15) is 13.2 Å². The van der Waals surface area contributed by atoms with Gasteiger partial charge in [-0.1, -0.05) is 24.6 Å². The Morgan fingerprint density at radius 2 is 1.67 bits per heavy atom. The third kappa shape index (κ3) is 5.28. The van der Waals surface area contributed by atoms with Gasteiger partial charge >= 0.3 is 0 Å². The fraction of sp³-hybridized carbons (Fsp3) is 0.435. The van der Waals surface area contributed by atoms with Crippen molar-refractivity contribution in [3.05, 3.63) is 59.7 Å². The lowest BCUT2D eigenvalue weighted by molar-refractivity contribution is -0.921. The van der Waals surface area contributed by atoms with Gasteiger partial charge in [0.1, 0.15) is 6.54 Å². The summed E-state index contributed by atoms with van der Waals surface area (Å²) in [6.45, 7) is 0.862. The average molecular weight is 431 g/mol. The molecule has 1 aliphatic rings. The molecule has 0 saturated heterocycles. The van der Waals surface area contributed by atoms with Gasteiger partial charge in [-0.25, -0.2) is 12.7 Å². The number of hydrogen-bond acceptors (Lipinski definition) is 3. The quantitative estimate of drug-likeness (QED) is 0.709. The highest BCUT2D eigenvalue weighted by atomic mass is 32.2. The zero-order valence-electron chi connectivity index (χ0n) is 18.0. The summed E-state index contributed by atoms with van der Waals surface area (Å²) in [4.78, 5) is 14.4.